The Bertz CT molecular complexity index is 170. The molecule has 0 amide bonds. The van der Waals surface area contributed by atoms with Crippen LogP contribution in [-0.2, 0) is 0 Å². The second-order valence-corrected chi connectivity index (χ2v) is 2.11. The predicted octanol–water partition coefficient (Wildman–Crippen LogP) is 3.25. The minimum absolute atomic E-state index is 0.876. The summed E-state index contributed by atoms with van der Waals surface area (Å²) in [5.41, 5.74) is 2.37. The van der Waals surface area contributed by atoms with E-state index in [-0.39, 0.29) is 0 Å². The first-order valence-electron chi connectivity index (χ1n) is 3.31. The molecular weight excluding hydrogens is 120 g/mol. The highest BCUT2D eigenvalue weighted by atomic mass is 14.0. The van der Waals surface area contributed by atoms with Crippen molar-refractivity contribution in [1.29, 1.82) is 0 Å². The summed E-state index contributed by atoms with van der Waals surface area (Å²) in [6, 6.07) is 0. The van der Waals surface area contributed by atoms with Gasteiger partial charge in [0.25, 0.3) is 0 Å². The molecule has 0 N–H and O–H groups in total. The predicted molar refractivity (Wildman–Crippen MR) is 47.9 cm³/mol. The smallest absolute Gasteiger partial charge is 0.00977 e. The lowest BCUT2D eigenvalue weighted by Gasteiger charge is -1.99. The average molecular weight is 134 g/mol. The maximum Gasteiger partial charge on any atom is -0.00977 e. The van der Waals surface area contributed by atoms with E-state index in [1.165, 1.54) is 11.1 Å². The largest absolute Gasteiger partial charge is 0.103 e. The third kappa shape index (κ3) is 2.49. The molecule has 0 aromatic carbocycles. The van der Waals surface area contributed by atoms with E-state index in [1.807, 2.05) is 25.2 Å². The highest BCUT2D eigenvalue weighted by Gasteiger charge is 1.90. The van der Waals surface area contributed by atoms with Gasteiger partial charge in [-0.2, -0.15) is 0 Å². The van der Waals surface area contributed by atoms with Crippen molar-refractivity contribution < 1.29 is 0 Å². The van der Waals surface area contributed by atoms with Crippen LogP contribution in [0.15, 0.2) is 49.1 Å². The molecule has 0 heteroatoms. The van der Waals surface area contributed by atoms with Gasteiger partial charge in [0.1, 0.15) is 0 Å². The molecule has 0 aliphatic heterocycles. The van der Waals surface area contributed by atoms with E-state index in [4.69, 9.17) is 0 Å². The van der Waals surface area contributed by atoms with Gasteiger partial charge in [0.2, 0.25) is 0 Å². The zero-order valence-electron chi connectivity index (χ0n) is 6.56. The van der Waals surface area contributed by atoms with Gasteiger partial charge in [-0.15, -0.1) is 6.58 Å². The van der Waals surface area contributed by atoms with Crippen molar-refractivity contribution in [2.45, 2.75) is 13.3 Å². The van der Waals surface area contributed by atoms with Crippen LogP contribution in [0.5, 0.6) is 0 Å². The minimum atomic E-state index is 0.876. The quantitative estimate of drug-likeness (QED) is 0.409. The highest BCUT2D eigenvalue weighted by Crippen LogP contribution is 2.10. The summed E-state index contributed by atoms with van der Waals surface area (Å²) in [4.78, 5) is 0. The molecule has 0 radical (unpaired) electrons. The van der Waals surface area contributed by atoms with Crippen LogP contribution in [-0.4, -0.2) is 0 Å². The lowest BCUT2D eigenvalue weighted by Crippen LogP contribution is -1.79. The monoisotopic (exact) mass is 134 g/mol. The van der Waals surface area contributed by atoms with E-state index in [0.29, 0.717) is 0 Å². The van der Waals surface area contributed by atoms with Gasteiger partial charge < -0.3 is 0 Å². The lowest BCUT2D eigenvalue weighted by atomic mass is 10.1. The average Bonchev–Trinajstić information content (AvgIpc) is 1.99. The first-order chi connectivity index (χ1) is 4.76. The summed E-state index contributed by atoms with van der Waals surface area (Å²) in [5, 5.41) is 0. The van der Waals surface area contributed by atoms with Gasteiger partial charge in [0, 0.05) is 0 Å². The van der Waals surface area contributed by atoms with Crippen molar-refractivity contribution in [3.8, 4) is 0 Å². The van der Waals surface area contributed by atoms with Crippen molar-refractivity contribution in [3.63, 3.8) is 0 Å². The third-order valence-electron chi connectivity index (χ3n) is 1.42. The summed E-state index contributed by atoms with van der Waals surface area (Å²) in [5.74, 6) is 0. The van der Waals surface area contributed by atoms with Crippen LogP contribution in [0.4, 0.5) is 0 Å². The van der Waals surface area contributed by atoms with E-state index in [0.717, 1.165) is 6.42 Å². The molecule has 0 aliphatic carbocycles. The molecule has 0 bridgehead atoms. The van der Waals surface area contributed by atoms with Crippen LogP contribution in [0.3, 0.4) is 0 Å². The molecule has 0 aliphatic rings. The molecule has 0 aromatic rings. The molecule has 0 nitrogen and oxygen atoms in total. The summed E-state index contributed by atoms with van der Waals surface area (Å²) < 4.78 is 0. The van der Waals surface area contributed by atoms with E-state index < -0.39 is 0 Å². The normalized spacial score (nSPS) is 11.7. The molecule has 0 atom stereocenters. The highest BCUT2D eigenvalue weighted by molar-refractivity contribution is 5.30. The van der Waals surface area contributed by atoms with Gasteiger partial charge in [-0.05, 0) is 24.5 Å². The van der Waals surface area contributed by atoms with Gasteiger partial charge in [-0.3, -0.25) is 0 Å². The Kier molecular flexibility index (Phi) is 4.30. The Hall–Kier alpha value is -1.04. The molecule has 0 aromatic heterocycles. The summed E-state index contributed by atoms with van der Waals surface area (Å²) in [6.45, 7) is 13.0. The fourth-order valence-electron chi connectivity index (χ4n) is 0.692. The second kappa shape index (κ2) is 4.80. The van der Waals surface area contributed by atoms with Crippen molar-refractivity contribution >= 4 is 0 Å². The third-order valence-corrected chi connectivity index (χ3v) is 1.42. The number of allylic oxidation sites excluding steroid dienone is 5. The van der Waals surface area contributed by atoms with E-state index in [1.54, 1.807) is 0 Å². The molecule has 54 valence electrons. The zero-order valence-corrected chi connectivity index (χ0v) is 6.56. The minimum Gasteiger partial charge on any atom is -0.103 e. The molecule has 0 saturated carbocycles. The molecule has 0 unspecified atom stereocenters. The maximum absolute atomic E-state index is 3.70. The maximum atomic E-state index is 3.70. The Morgan fingerprint density at radius 1 is 1.20 bits per heavy atom. The van der Waals surface area contributed by atoms with Crippen LogP contribution in [0.1, 0.15) is 13.3 Å². The van der Waals surface area contributed by atoms with Crippen LogP contribution in [0, 0.1) is 0 Å². The van der Waals surface area contributed by atoms with E-state index in [2.05, 4.69) is 19.7 Å². The van der Waals surface area contributed by atoms with Crippen molar-refractivity contribution in [3.05, 3.63) is 49.1 Å². The Morgan fingerprint density at radius 3 is 2.10 bits per heavy atom. The number of hydrogen-bond donors (Lipinski definition) is 0. The molecule has 0 rings (SSSR count). The number of rotatable bonds is 4. The summed E-state index contributed by atoms with van der Waals surface area (Å²) >= 11 is 0. The number of hydrogen-bond acceptors (Lipinski definition) is 0. The first-order valence-corrected chi connectivity index (χ1v) is 3.31. The molecule has 0 saturated heterocycles. The Morgan fingerprint density at radius 2 is 1.80 bits per heavy atom. The molecule has 0 fully saturated rings. The molecule has 0 heterocycles. The van der Waals surface area contributed by atoms with Gasteiger partial charge >= 0.3 is 0 Å². The molecule has 0 spiro atoms. The van der Waals surface area contributed by atoms with Crippen LogP contribution in [0.25, 0.3) is 0 Å². The fraction of sp³-hybridized carbons (Fsp3) is 0.200. The standard InChI is InChI=1S/C10H14/c1-5-8-10(7-3)9(4)6-2/h5-7H,1-3,8H2,4H3/b10-9+. The fourth-order valence-corrected chi connectivity index (χ4v) is 0.692. The van der Waals surface area contributed by atoms with E-state index in [9.17, 15) is 0 Å². The van der Waals surface area contributed by atoms with Crippen LogP contribution < -0.4 is 0 Å². The summed E-state index contributed by atoms with van der Waals surface area (Å²) in [6.07, 6.45) is 6.42. The zero-order chi connectivity index (χ0) is 7.98. The molecular formula is C10H14. The van der Waals surface area contributed by atoms with Crippen molar-refractivity contribution in [1.82, 2.24) is 0 Å². The lowest BCUT2D eigenvalue weighted by molar-refractivity contribution is 1.24. The SMILES string of the molecule is C=CC/C(C=C)=C(\C)C=C. The Labute approximate surface area is 63.3 Å². The first kappa shape index (κ1) is 8.96. The van der Waals surface area contributed by atoms with Gasteiger partial charge in [-0.1, -0.05) is 31.4 Å². The van der Waals surface area contributed by atoms with E-state index >= 15 is 0 Å². The van der Waals surface area contributed by atoms with Crippen molar-refractivity contribution in [2.75, 3.05) is 0 Å². The van der Waals surface area contributed by atoms with Gasteiger partial charge in [-0.25, -0.2) is 0 Å². The van der Waals surface area contributed by atoms with Crippen LogP contribution in [0.2, 0.25) is 0 Å². The van der Waals surface area contributed by atoms with Crippen LogP contribution >= 0.6 is 0 Å². The topological polar surface area (TPSA) is 0 Å². The van der Waals surface area contributed by atoms with Crippen molar-refractivity contribution in [2.24, 2.45) is 0 Å². The van der Waals surface area contributed by atoms with Gasteiger partial charge in [0.15, 0.2) is 0 Å². The van der Waals surface area contributed by atoms with Gasteiger partial charge in [0.05, 0.1) is 0 Å². The second-order valence-electron chi connectivity index (χ2n) is 2.11. The Balaban J connectivity index is 4.42. The summed E-state index contributed by atoms with van der Waals surface area (Å²) in [7, 11) is 0. The molecule has 10 heavy (non-hydrogen) atoms.